The minimum absolute atomic E-state index is 0.277. The zero-order valence-electron chi connectivity index (χ0n) is 16.4. The largest absolute Gasteiger partial charge is 0.400 e. The third-order valence-corrected chi connectivity index (χ3v) is 8.15. The average molecular weight is 367 g/mol. The van der Waals surface area contributed by atoms with Crippen molar-refractivity contribution < 1.29 is 9.16 Å². The first-order valence-corrected chi connectivity index (χ1v) is 11.0. The molecule has 0 N–H and O–H groups in total. The third-order valence-electron chi connectivity index (χ3n) is 4.02. The second-order valence-electron chi connectivity index (χ2n) is 7.41. The molecule has 0 aliphatic heterocycles. The van der Waals surface area contributed by atoms with Crippen LogP contribution in [0.5, 0.6) is 0 Å². The lowest BCUT2D eigenvalue weighted by Gasteiger charge is -2.37. The van der Waals surface area contributed by atoms with E-state index in [0.717, 1.165) is 6.42 Å². The maximum absolute atomic E-state index is 6.89. The first-order chi connectivity index (χ1) is 12.4. The number of ether oxygens (including phenoxy) is 1. The Labute approximate surface area is 159 Å². The van der Waals surface area contributed by atoms with Crippen molar-refractivity contribution in [2.75, 3.05) is 13.7 Å². The molecule has 0 bridgehead atoms. The van der Waals surface area contributed by atoms with Crippen LogP contribution in [0.1, 0.15) is 27.2 Å². The van der Waals surface area contributed by atoms with E-state index in [-0.39, 0.29) is 5.60 Å². The molecule has 138 valence electrons. The van der Waals surface area contributed by atoms with Gasteiger partial charge in [-0.25, -0.2) is 0 Å². The second kappa shape index (κ2) is 9.13. The molecule has 2 rings (SSSR count). The standard InChI is InChI=1S/C23H30O2Si/c1-6-13-20(18-24-5)19-26(25-23(2,3)4,21-14-9-7-10-15-21)22-16-11-8-12-17-22/h6-12,14-17,19H,1,13,18H2,2-5H3/b20-19+. The van der Waals surface area contributed by atoms with Crippen molar-refractivity contribution in [2.45, 2.75) is 32.8 Å². The summed E-state index contributed by atoms with van der Waals surface area (Å²) in [6.07, 6.45) is 2.72. The van der Waals surface area contributed by atoms with Crippen LogP contribution in [0.3, 0.4) is 0 Å². The van der Waals surface area contributed by atoms with Crippen LogP contribution in [-0.2, 0) is 9.16 Å². The molecule has 26 heavy (non-hydrogen) atoms. The summed E-state index contributed by atoms with van der Waals surface area (Å²) in [4.78, 5) is 0. The molecule has 0 radical (unpaired) electrons. The van der Waals surface area contributed by atoms with E-state index in [1.165, 1.54) is 15.9 Å². The molecule has 0 aliphatic carbocycles. The van der Waals surface area contributed by atoms with Gasteiger partial charge in [-0.15, -0.1) is 6.58 Å². The van der Waals surface area contributed by atoms with Gasteiger partial charge in [-0.1, -0.05) is 72.4 Å². The summed E-state index contributed by atoms with van der Waals surface area (Å²) in [6, 6.07) is 21.2. The van der Waals surface area contributed by atoms with E-state index in [9.17, 15) is 0 Å². The SMILES string of the molecule is C=CC/C(=C\[Si](OC(C)(C)C)(c1ccccc1)c1ccccc1)COC. The summed E-state index contributed by atoms with van der Waals surface area (Å²) in [5, 5.41) is 2.47. The van der Waals surface area contributed by atoms with Crippen molar-refractivity contribution in [3.8, 4) is 0 Å². The number of benzene rings is 2. The molecule has 0 fully saturated rings. The maximum Gasteiger partial charge on any atom is 0.281 e. The van der Waals surface area contributed by atoms with Crippen molar-refractivity contribution in [1.29, 1.82) is 0 Å². The lowest BCUT2D eigenvalue weighted by molar-refractivity contribution is 0.129. The van der Waals surface area contributed by atoms with Gasteiger partial charge in [-0.2, -0.15) is 0 Å². The molecular weight excluding hydrogens is 336 g/mol. The van der Waals surface area contributed by atoms with E-state index < -0.39 is 8.32 Å². The van der Waals surface area contributed by atoms with Gasteiger partial charge in [0.1, 0.15) is 0 Å². The van der Waals surface area contributed by atoms with Gasteiger partial charge in [0, 0.05) is 12.7 Å². The molecule has 0 unspecified atom stereocenters. The molecule has 0 aliphatic rings. The second-order valence-corrected chi connectivity index (χ2v) is 10.5. The first kappa shape index (κ1) is 20.4. The van der Waals surface area contributed by atoms with Gasteiger partial charge >= 0.3 is 0 Å². The maximum atomic E-state index is 6.89. The van der Waals surface area contributed by atoms with Gasteiger partial charge in [0.05, 0.1) is 6.61 Å². The Hall–Kier alpha value is -1.94. The van der Waals surface area contributed by atoms with Crippen LogP contribution in [0.25, 0.3) is 0 Å². The highest BCUT2D eigenvalue weighted by molar-refractivity contribution is 7.01. The number of hydrogen-bond acceptors (Lipinski definition) is 2. The number of rotatable bonds is 8. The van der Waals surface area contributed by atoms with Crippen molar-refractivity contribution >= 4 is 18.7 Å². The van der Waals surface area contributed by atoms with Crippen LogP contribution in [0, 0.1) is 0 Å². The molecule has 2 nitrogen and oxygen atoms in total. The van der Waals surface area contributed by atoms with Gasteiger partial charge in [-0.3, -0.25) is 0 Å². The summed E-state index contributed by atoms with van der Waals surface area (Å²) in [5.74, 6) is 0. The fourth-order valence-electron chi connectivity index (χ4n) is 3.15. The van der Waals surface area contributed by atoms with Gasteiger partial charge in [0.2, 0.25) is 0 Å². The van der Waals surface area contributed by atoms with E-state index in [1.54, 1.807) is 7.11 Å². The van der Waals surface area contributed by atoms with E-state index >= 15 is 0 Å². The smallest absolute Gasteiger partial charge is 0.281 e. The Balaban J connectivity index is 2.75. The molecule has 2 aromatic rings. The normalized spacial score (nSPS) is 12.8. The number of allylic oxidation sites excluding steroid dienone is 1. The highest BCUT2D eigenvalue weighted by Crippen LogP contribution is 2.21. The highest BCUT2D eigenvalue weighted by atomic mass is 28.4. The highest BCUT2D eigenvalue weighted by Gasteiger charge is 2.41. The topological polar surface area (TPSA) is 18.5 Å². The van der Waals surface area contributed by atoms with Crippen molar-refractivity contribution in [3.05, 3.63) is 84.6 Å². The van der Waals surface area contributed by atoms with Crippen molar-refractivity contribution in [3.63, 3.8) is 0 Å². The van der Waals surface area contributed by atoms with Gasteiger partial charge in [0.15, 0.2) is 0 Å². The Morgan fingerprint density at radius 3 is 1.85 bits per heavy atom. The first-order valence-electron chi connectivity index (χ1n) is 9.03. The lowest BCUT2D eigenvalue weighted by atomic mass is 10.2. The lowest BCUT2D eigenvalue weighted by Crippen LogP contribution is -2.62. The molecule has 0 aromatic heterocycles. The van der Waals surface area contributed by atoms with Crippen LogP contribution in [0.15, 0.2) is 84.6 Å². The minimum Gasteiger partial charge on any atom is -0.400 e. The van der Waals surface area contributed by atoms with Crippen LogP contribution in [0.4, 0.5) is 0 Å². The Morgan fingerprint density at radius 2 is 1.46 bits per heavy atom. The summed E-state index contributed by atoms with van der Waals surface area (Å²) in [7, 11) is -0.879. The molecule has 0 saturated carbocycles. The van der Waals surface area contributed by atoms with E-state index in [1.807, 2.05) is 18.2 Å². The Bertz CT molecular complexity index is 675. The van der Waals surface area contributed by atoms with E-state index in [4.69, 9.17) is 9.16 Å². The van der Waals surface area contributed by atoms with Crippen LogP contribution < -0.4 is 10.4 Å². The van der Waals surface area contributed by atoms with Crippen LogP contribution in [-0.4, -0.2) is 27.6 Å². The molecule has 0 heterocycles. The van der Waals surface area contributed by atoms with Gasteiger partial charge in [0.25, 0.3) is 8.32 Å². The number of methoxy groups -OCH3 is 1. The molecule has 0 atom stereocenters. The molecule has 0 amide bonds. The van der Waals surface area contributed by atoms with Crippen LogP contribution in [0.2, 0.25) is 0 Å². The predicted molar refractivity (Wildman–Crippen MR) is 114 cm³/mol. The molecule has 2 aromatic carbocycles. The molecule has 0 saturated heterocycles. The summed E-state index contributed by atoms with van der Waals surface area (Å²) in [5.41, 5.74) is 3.26. The van der Waals surface area contributed by atoms with E-state index in [2.05, 4.69) is 81.6 Å². The zero-order chi connectivity index (χ0) is 19.0. The fourth-order valence-corrected chi connectivity index (χ4v) is 7.23. The van der Waals surface area contributed by atoms with Crippen LogP contribution >= 0.6 is 0 Å². The quantitative estimate of drug-likeness (QED) is 0.514. The summed E-state index contributed by atoms with van der Waals surface area (Å²) >= 11 is 0. The Kier molecular flexibility index (Phi) is 7.15. The van der Waals surface area contributed by atoms with Crippen molar-refractivity contribution in [1.82, 2.24) is 0 Å². The monoisotopic (exact) mass is 366 g/mol. The van der Waals surface area contributed by atoms with Gasteiger partial charge < -0.3 is 9.16 Å². The zero-order valence-corrected chi connectivity index (χ0v) is 17.4. The van der Waals surface area contributed by atoms with Gasteiger partial charge in [-0.05, 0) is 43.1 Å². The Morgan fingerprint density at radius 1 is 0.962 bits per heavy atom. The predicted octanol–water partition coefficient (Wildman–Crippen LogP) is 4.25. The molecule has 0 spiro atoms. The van der Waals surface area contributed by atoms with E-state index in [0.29, 0.717) is 6.61 Å². The average Bonchev–Trinajstić information content (AvgIpc) is 2.62. The van der Waals surface area contributed by atoms with Crippen molar-refractivity contribution in [2.24, 2.45) is 0 Å². The molecular formula is C23H30O2Si. The minimum atomic E-state index is -2.61. The molecule has 3 heteroatoms. The summed E-state index contributed by atoms with van der Waals surface area (Å²) < 4.78 is 12.3. The fraction of sp³-hybridized carbons (Fsp3) is 0.304. The third kappa shape index (κ3) is 5.28. The summed E-state index contributed by atoms with van der Waals surface area (Å²) in [6.45, 7) is 10.9. The number of hydrogen-bond donors (Lipinski definition) is 0.